The first-order valence-electron chi connectivity index (χ1n) is 4.31. The lowest BCUT2D eigenvalue weighted by atomic mass is 10.4. The average Bonchev–Trinajstić information content (AvgIpc) is 2.23. The molecule has 7 heteroatoms. The summed E-state index contributed by atoms with van der Waals surface area (Å²) in [6.45, 7) is 0. The molecule has 16 heavy (non-hydrogen) atoms. The third kappa shape index (κ3) is 3.09. The van der Waals surface area contributed by atoms with Crippen LogP contribution in [0, 0.1) is 10.7 Å². The average molecular weight is 576 g/mol. The Morgan fingerprint density at radius 2 is 1.25 bits per heavy atom. The molecule has 0 saturated heterocycles. The molecule has 0 heterocycles. The summed E-state index contributed by atoms with van der Waals surface area (Å²) in [6, 6.07) is 4.19. The van der Waals surface area contributed by atoms with Gasteiger partial charge in [-0.05, 0) is 79.9 Å². The van der Waals surface area contributed by atoms with Crippen molar-refractivity contribution in [1.29, 1.82) is 0 Å². The van der Waals surface area contributed by atoms with Crippen LogP contribution in [-0.2, 0) is 13.3 Å². The molecule has 0 aromatic heterocycles. The zero-order chi connectivity index (χ0) is 12.3. The first-order valence-corrected chi connectivity index (χ1v) is 9.27. The lowest BCUT2D eigenvalue weighted by Gasteiger charge is -2.26. The zero-order valence-electron chi connectivity index (χ0n) is 9.01. The van der Waals surface area contributed by atoms with Gasteiger partial charge in [-0.1, -0.05) is 0 Å². The Labute approximate surface area is 137 Å². The quantitative estimate of drug-likeness (QED) is 0.408. The van der Waals surface area contributed by atoms with Gasteiger partial charge in [-0.3, -0.25) is 0 Å². The highest BCUT2D eigenvalue weighted by molar-refractivity contribution is 14.1. The fraction of sp³-hybridized carbons (Fsp3) is 0.333. The molecule has 1 rings (SSSR count). The predicted molar refractivity (Wildman–Crippen MR) is 91.0 cm³/mol. The standard InChI is InChI=1S/C9H11I3O3Si/c1-13-16(14-2,15-3)9-7(11)4-6(10)5-8(9)12/h4-5H,1-3H3. The van der Waals surface area contributed by atoms with Crippen LogP contribution >= 0.6 is 67.8 Å². The highest BCUT2D eigenvalue weighted by Crippen LogP contribution is 2.20. The lowest BCUT2D eigenvalue weighted by molar-refractivity contribution is 0.140. The van der Waals surface area contributed by atoms with Crippen LogP contribution in [0.25, 0.3) is 0 Å². The van der Waals surface area contributed by atoms with Gasteiger partial charge in [-0.25, -0.2) is 0 Å². The van der Waals surface area contributed by atoms with E-state index in [1.165, 1.54) is 3.57 Å². The van der Waals surface area contributed by atoms with Gasteiger partial charge in [0.2, 0.25) is 0 Å². The van der Waals surface area contributed by atoms with Gasteiger partial charge in [0, 0.05) is 37.2 Å². The van der Waals surface area contributed by atoms with Gasteiger partial charge in [0.15, 0.2) is 0 Å². The molecule has 0 saturated carbocycles. The second-order valence-electron chi connectivity index (χ2n) is 2.91. The second kappa shape index (κ2) is 6.61. The van der Waals surface area contributed by atoms with E-state index in [4.69, 9.17) is 13.3 Å². The van der Waals surface area contributed by atoms with Crippen molar-refractivity contribution >= 4 is 81.8 Å². The SMILES string of the molecule is CO[Si](OC)(OC)c1c(I)cc(I)cc1I. The fourth-order valence-electron chi connectivity index (χ4n) is 1.39. The van der Waals surface area contributed by atoms with Crippen LogP contribution in [0.2, 0.25) is 0 Å². The molecule has 0 aliphatic rings. The van der Waals surface area contributed by atoms with Crippen molar-refractivity contribution in [3.8, 4) is 0 Å². The summed E-state index contributed by atoms with van der Waals surface area (Å²) >= 11 is 6.88. The number of hydrogen-bond donors (Lipinski definition) is 0. The van der Waals surface area contributed by atoms with Crippen LogP contribution in [0.15, 0.2) is 12.1 Å². The van der Waals surface area contributed by atoms with E-state index < -0.39 is 8.80 Å². The molecule has 0 unspecified atom stereocenters. The Hall–Kier alpha value is 1.51. The summed E-state index contributed by atoms with van der Waals surface area (Å²) in [7, 11) is 2.16. The van der Waals surface area contributed by atoms with E-state index in [1.54, 1.807) is 21.3 Å². The lowest BCUT2D eigenvalue weighted by Crippen LogP contribution is -2.57. The molecular weight excluding hydrogens is 565 g/mol. The van der Waals surface area contributed by atoms with Crippen molar-refractivity contribution in [3.05, 3.63) is 22.8 Å². The summed E-state index contributed by atoms with van der Waals surface area (Å²) in [6.07, 6.45) is 0. The predicted octanol–water partition coefficient (Wildman–Crippen LogP) is 2.59. The summed E-state index contributed by atoms with van der Waals surface area (Å²) in [5, 5.41) is 1.04. The monoisotopic (exact) mass is 576 g/mol. The van der Waals surface area contributed by atoms with Crippen LogP contribution in [-0.4, -0.2) is 30.1 Å². The third-order valence-electron chi connectivity index (χ3n) is 2.12. The van der Waals surface area contributed by atoms with Gasteiger partial charge < -0.3 is 13.3 Å². The highest BCUT2D eigenvalue weighted by atomic mass is 127. The third-order valence-corrected chi connectivity index (χ3v) is 8.22. The van der Waals surface area contributed by atoms with Gasteiger partial charge in [-0.2, -0.15) is 0 Å². The normalized spacial score (nSPS) is 11.9. The van der Waals surface area contributed by atoms with Gasteiger partial charge >= 0.3 is 8.80 Å². The van der Waals surface area contributed by atoms with E-state index in [-0.39, 0.29) is 0 Å². The smallest absolute Gasteiger partial charge is 0.373 e. The van der Waals surface area contributed by atoms with Crippen LogP contribution < -0.4 is 5.19 Å². The largest absolute Gasteiger partial charge is 0.538 e. The van der Waals surface area contributed by atoms with E-state index in [0.29, 0.717) is 0 Å². The number of benzene rings is 1. The van der Waals surface area contributed by atoms with E-state index in [1.807, 2.05) is 0 Å². The van der Waals surface area contributed by atoms with E-state index in [9.17, 15) is 0 Å². The van der Waals surface area contributed by atoms with Gasteiger partial charge in [-0.15, -0.1) is 0 Å². The minimum absolute atomic E-state index is 1.04. The van der Waals surface area contributed by atoms with Crippen molar-refractivity contribution in [2.24, 2.45) is 0 Å². The maximum atomic E-state index is 5.51. The molecule has 0 fully saturated rings. The molecule has 1 aromatic rings. The fourth-order valence-corrected chi connectivity index (χ4v) is 8.80. The molecule has 0 amide bonds. The Kier molecular flexibility index (Phi) is 6.43. The van der Waals surface area contributed by atoms with Gasteiger partial charge in [0.05, 0.1) is 0 Å². The Morgan fingerprint density at radius 3 is 1.56 bits per heavy atom. The van der Waals surface area contributed by atoms with Crippen molar-refractivity contribution < 1.29 is 13.3 Å². The Balaban J connectivity index is 3.40. The summed E-state index contributed by atoms with van der Waals surface area (Å²) in [5.41, 5.74) is 0. The maximum Gasteiger partial charge on any atom is 0.538 e. The molecule has 90 valence electrons. The molecule has 1 aromatic carbocycles. The van der Waals surface area contributed by atoms with Crippen LogP contribution in [0.3, 0.4) is 0 Å². The van der Waals surface area contributed by atoms with E-state index >= 15 is 0 Å². The number of hydrogen-bond acceptors (Lipinski definition) is 3. The molecule has 0 N–H and O–H groups in total. The summed E-state index contributed by atoms with van der Waals surface area (Å²) < 4.78 is 19.9. The first-order chi connectivity index (χ1) is 7.50. The van der Waals surface area contributed by atoms with Crippen molar-refractivity contribution in [2.75, 3.05) is 21.3 Å². The molecule has 0 bridgehead atoms. The number of rotatable bonds is 4. The summed E-state index contributed by atoms with van der Waals surface area (Å²) in [5.74, 6) is 0. The molecule has 0 aliphatic carbocycles. The molecule has 0 atom stereocenters. The van der Waals surface area contributed by atoms with Crippen LogP contribution in [0.5, 0.6) is 0 Å². The van der Waals surface area contributed by atoms with Crippen LogP contribution in [0.1, 0.15) is 0 Å². The topological polar surface area (TPSA) is 27.7 Å². The molecular formula is C9H11I3O3Si. The summed E-state index contributed by atoms with van der Waals surface area (Å²) in [4.78, 5) is 0. The van der Waals surface area contributed by atoms with Crippen molar-refractivity contribution in [3.63, 3.8) is 0 Å². The molecule has 0 radical (unpaired) electrons. The second-order valence-corrected chi connectivity index (χ2v) is 9.32. The molecule has 0 aliphatic heterocycles. The highest BCUT2D eigenvalue weighted by Gasteiger charge is 2.44. The molecule has 0 spiro atoms. The van der Waals surface area contributed by atoms with E-state index in [0.717, 1.165) is 12.3 Å². The van der Waals surface area contributed by atoms with E-state index in [2.05, 4.69) is 79.9 Å². The Bertz CT molecular complexity index is 351. The van der Waals surface area contributed by atoms with Crippen molar-refractivity contribution in [1.82, 2.24) is 0 Å². The Morgan fingerprint density at radius 1 is 0.875 bits per heavy atom. The van der Waals surface area contributed by atoms with Gasteiger partial charge in [0.25, 0.3) is 0 Å². The minimum atomic E-state index is -2.72. The van der Waals surface area contributed by atoms with Crippen molar-refractivity contribution in [2.45, 2.75) is 0 Å². The van der Waals surface area contributed by atoms with Crippen LogP contribution in [0.4, 0.5) is 0 Å². The number of halogens is 3. The zero-order valence-corrected chi connectivity index (χ0v) is 16.5. The maximum absolute atomic E-state index is 5.51. The first kappa shape index (κ1) is 15.6. The minimum Gasteiger partial charge on any atom is -0.373 e. The van der Waals surface area contributed by atoms with Gasteiger partial charge in [0.1, 0.15) is 0 Å². The molecule has 3 nitrogen and oxygen atoms in total.